The molecule has 0 bridgehead atoms. The van der Waals surface area contributed by atoms with Crippen molar-refractivity contribution in [3.05, 3.63) is 47.8 Å². The molecule has 1 amide bonds. The number of carbonyl (C=O) groups is 1. The van der Waals surface area contributed by atoms with Crippen molar-refractivity contribution in [1.82, 2.24) is 14.9 Å². The molecule has 0 saturated carbocycles. The Kier molecular flexibility index (Phi) is 6.11. The molecule has 1 aliphatic rings. The fraction of sp³-hybridized carbons (Fsp3) is 0.450. The molecule has 0 atom stereocenters. The third-order valence-electron chi connectivity index (χ3n) is 4.59. The average molecular weight is 369 g/mol. The highest BCUT2D eigenvalue weighted by Crippen LogP contribution is 2.21. The number of anilines is 2. The van der Waals surface area contributed by atoms with Crippen molar-refractivity contribution < 1.29 is 9.53 Å². The van der Waals surface area contributed by atoms with Crippen LogP contribution in [0, 0.1) is 6.92 Å². The number of ether oxygens (including phenoxy) is 1. The standard InChI is InChI=1S/C20H27N5O2/c1-4-27-20(26)25-12-10-24(11-13-25)19-14-18(21-16(2)22-19)23(3)15-17-8-6-5-7-9-17/h5-9,14H,4,10-13,15H2,1-3H3. The van der Waals surface area contributed by atoms with Crippen molar-refractivity contribution >= 4 is 17.7 Å². The summed E-state index contributed by atoms with van der Waals surface area (Å²) in [5, 5.41) is 0. The molecule has 7 heteroatoms. The van der Waals surface area contributed by atoms with Gasteiger partial charge in [0.05, 0.1) is 6.61 Å². The first kappa shape index (κ1) is 18.9. The first-order valence-electron chi connectivity index (χ1n) is 9.34. The molecular weight excluding hydrogens is 342 g/mol. The van der Waals surface area contributed by atoms with Crippen LogP contribution in [0.25, 0.3) is 0 Å². The molecule has 0 radical (unpaired) electrons. The summed E-state index contributed by atoms with van der Waals surface area (Å²) in [5.74, 6) is 2.55. The van der Waals surface area contributed by atoms with Crippen LogP contribution in [-0.4, -0.2) is 60.8 Å². The number of carbonyl (C=O) groups excluding carboxylic acids is 1. The second-order valence-corrected chi connectivity index (χ2v) is 6.65. The molecule has 27 heavy (non-hydrogen) atoms. The number of hydrogen-bond donors (Lipinski definition) is 0. The number of benzene rings is 1. The second kappa shape index (κ2) is 8.70. The van der Waals surface area contributed by atoms with Crippen LogP contribution >= 0.6 is 0 Å². The van der Waals surface area contributed by atoms with Gasteiger partial charge in [-0.3, -0.25) is 0 Å². The highest BCUT2D eigenvalue weighted by molar-refractivity contribution is 5.68. The molecule has 144 valence electrons. The number of rotatable bonds is 5. The largest absolute Gasteiger partial charge is 0.450 e. The van der Waals surface area contributed by atoms with Gasteiger partial charge in [0.15, 0.2) is 0 Å². The molecule has 1 aromatic heterocycles. The third kappa shape index (κ3) is 4.87. The van der Waals surface area contributed by atoms with Gasteiger partial charge < -0.3 is 19.4 Å². The van der Waals surface area contributed by atoms with Gasteiger partial charge in [-0.2, -0.15) is 0 Å². The lowest BCUT2D eigenvalue weighted by Gasteiger charge is -2.35. The van der Waals surface area contributed by atoms with Crippen LogP contribution in [-0.2, 0) is 11.3 Å². The zero-order chi connectivity index (χ0) is 19.2. The van der Waals surface area contributed by atoms with E-state index in [9.17, 15) is 4.79 Å². The molecule has 1 saturated heterocycles. The number of nitrogens with zero attached hydrogens (tertiary/aromatic N) is 5. The van der Waals surface area contributed by atoms with Crippen molar-refractivity contribution in [3.63, 3.8) is 0 Å². The van der Waals surface area contributed by atoms with E-state index in [2.05, 4.69) is 31.9 Å². The maximum atomic E-state index is 11.9. The highest BCUT2D eigenvalue weighted by atomic mass is 16.6. The van der Waals surface area contributed by atoms with Gasteiger partial charge in [0.2, 0.25) is 0 Å². The lowest BCUT2D eigenvalue weighted by atomic mass is 10.2. The van der Waals surface area contributed by atoms with Crippen LogP contribution in [0.1, 0.15) is 18.3 Å². The van der Waals surface area contributed by atoms with Crippen molar-refractivity contribution in [2.24, 2.45) is 0 Å². The summed E-state index contributed by atoms with van der Waals surface area (Å²) >= 11 is 0. The fourth-order valence-electron chi connectivity index (χ4n) is 3.17. The van der Waals surface area contributed by atoms with Gasteiger partial charge in [0.1, 0.15) is 17.5 Å². The van der Waals surface area contributed by atoms with E-state index in [1.807, 2.05) is 45.2 Å². The Morgan fingerprint density at radius 1 is 1.15 bits per heavy atom. The van der Waals surface area contributed by atoms with Crippen LogP contribution in [0.2, 0.25) is 0 Å². The summed E-state index contributed by atoms with van der Waals surface area (Å²) < 4.78 is 5.08. The lowest BCUT2D eigenvalue weighted by molar-refractivity contribution is 0.105. The summed E-state index contributed by atoms with van der Waals surface area (Å²) in [4.78, 5) is 27.1. The predicted molar refractivity (Wildman–Crippen MR) is 106 cm³/mol. The van der Waals surface area contributed by atoms with Crippen LogP contribution in [0.4, 0.5) is 16.4 Å². The molecule has 1 fully saturated rings. The third-order valence-corrected chi connectivity index (χ3v) is 4.59. The van der Waals surface area contributed by atoms with Gasteiger partial charge in [0.25, 0.3) is 0 Å². The minimum absolute atomic E-state index is 0.237. The zero-order valence-corrected chi connectivity index (χ0v) is 16.3. The Bertz CT molecular complexity index is 760. The van der Waals surface area contributed by atoms with Gasteiger partial charge >= 0.3 is 6.09 Å². The lowest BCUT2D eigenvalue weighted by Crippen LogP contribution is -2.49. The highest BCUT2D eigenvalue weighted by Gasteiger charge is 2.23. The number of aryl methyl sites for hydroxylation is 1. The molecule has 0 unspecified atom stereocenters. The summed E-state index contributed by atoms with van der Waals surface area (Å²) in [6.45, 7) is 7.67. The monoisotopic (exact) mass is 369 g/mol. The second-order valence-electron chi connectivity index (χ2n) is 6.65. The average Bonchev–Trinajstić information content (AvgIpc) is 2.68. The number of amides is 1. The molecule has 3 rings (SSSR count). The molecule has 0 N–H and O–H groups in total. The van der Waals surface area contributed by atoms with E-state index in [4.69, 9.17) is 4.74 Å². The van der Waals surface area contributed by atoms with E-state index in [1.54, 1.807) is 4.90 Å². The van der Waals surface area contributed by atoms with Gasteiger partial charge in [-0.15, -0.1) is 0 Å². The van der Waals surface area contributed by atoms with E-state index in [0.29, 0.717) is 19.7 Å². The molecular formula is C20H27N5O2. The minimum atomic E-state index is -0.237. The summed E-state index contributed by atoms with van der Waals surface area (Å²) in [5.41, 5.74) is 1.24. The minimum Gasteiger partial charge on any atom is -0.450 e. The van der Waals surface area contributed by atoms with E-state index in [1.165, 1.54) is 5.56 Å². The van der Waals surface area contributed by atoms with Gasteiger partial charge in [-0.25, -0.2) is 14.8 Å². The smallest absolute Gasteiger partial charge is 0.409 e. The number of hydrogen-bond acceptors (Lipinski definition) is 6. The summed E-state index contributed by atoms with van der Waals surface area (Å²) in [7, 11) is 2.04. The van der Waals surface area contributed by atoms with Crippen LogP contribution in [0.3, 0.4) is 0 Å². The number of piperazine rings is 1. The summed E-state index contributed by atoms with van der Waals surface area (Å²) in [6, 6.07) is 12.4. The van der Waals surface area contributed by atoms with E-state index >= 15 is 0 Å². The molecule has 1 aromatic carbocycles. The first-order chi connectivity index (χ1) is 13.1. The van der Waals surface area contributed by atoms with Crippen LogP contribution in [0.15, 0.2) is 36.4 Å². The topological polar surface area (TPSA) is 61.8 Å². The van der Waals surface area contributed by atoms with Gasteiger partial charge in [-0.1, -0.05) is 30.3 Å². The summed E-state index contributed by atoms with van der Waals surface area (Å²) in [6.07, 6.45) is -0.237. The quantitative estimate of drug-likeness (QED) is 0.808. The molecule has 7 nitrogen and oxygen atoms in total. The Hall–Kier alpha value is -2.83. The van der Waals surface area contributed by atoms with Crippen molar-refractivity contribution in [2.75, 3.05) is 49.6 Å². The number of aromatic nitrogens is 2. The predicted octanol–water partition coefficient (Wildman–Crippen LogP) is 2.70. The first-order valence-corrected chi connectivity index (χ1v) is 9.34. The Labute approximate surface area is 160 Å². The SMILES string of the molecule is CCOC(=O)N1CCN(c2cc(N(C)Cc3ccccc3)nc(C)n2)CC1. The van der Waals surface area contributed by atoms with Gasteiger partial charge in [-0.05, 0) is 19.4 Å². The van der Waals surface area contributed by atoms with Crippen LogP contribution < -0.4 is 9.80 Å². The van der Waals surface area contributed by atoms with E-state index in [-0.39, 0.29) is 6.09 Å². The van der Waals surface area contributed by atoms with Crippen molar-refractivity contribution in [1.29, 1.82) is 0 Å². The van der Waals surface area contributed by atoms with Gasteiger partial charge in [0, 0.05) is 45.8 Å². The Morgan fingerprint density at radius 3 is 2.52 bits per heavy atom. The Balaban J connectivity index is 1.68. The molecule has 0 spiro atoms. The molecule has 2 aromatic rings. The molecule has 1 aliphatic heterocycles. The zero-order valence-electron chi connectivity index (χ0n) is 16.3. The van der Waals surface area contributed by atoms with E-state index in [0.717, 1.165) is 37.1 Å². The normalized spacial score (nSPS) is 14.2. The van der Waals surface area contributed by atoms with E-state index < -0.39 is 0 Å². The Morgan fingerprint density at radius 2 is 1.85 bits per heavy atom. The van der Waals surface area contributed by atoms with Crippen molar-refractivity contribution in [3.8, 4) is 0 Å². The maximum Gasteiger partial charge on any atom is 0.409 e. The molecule has 2 heterocycles. The van der Waals surface area contributed by atoms with Crippen molar-refractivity contribution in [2.45, 2.75) is 20.4 Å². The molecule has 0 aliphatic carbocycles. The maximum absolute atomic E-state index is 11.9. The van der Waals surface area contributed by atoms with Crippen LogP contribution in [0.5, 0.6) is 0 Å². The fourth-order valence-corrected chi connectivity index (χ4v) is 3.17.